The Balaban J connectivity index is 2.88. The summed E-state index contributed by atoms with van der Waals surface area (Å²) in [5, 5.41) is 8.59. The van der Waals surface area contributed by atoms with Crippen LogP contribution in [0.15, 0.2) is 0 Å². The van der Waals surface area contributed by atoms with Crippen molar-refractivity contribution in [3.63, 3.8) is 0 Å². The summed E-state index contributed by atoms with van der Waals surface area (Å²) >= 11 is 0. The third kappa shape index (κ3) is 17.8. The molecule has 0 rings (SSSR count). The number of ether oxygens (including phenoxy) is 3. The lowest BCUT2D eigenvalue weighted by Crippen LogP contribution is -2.03. The first-order valence-electron chi connectivity index (χ1n) is 7.76. The van der Waals surface area contributed by atoms with Crippen LogP contribution >= 0.6 is 0 Å². The van der Waals surface area contributed by atoms with Gasteiger partial charge in [0.15, 0.2) is 0 Å². The molecule has 0 aromatic carbocycles. The van der Waals surface area contributed by atoms with E-state index in [1.807, 2.05) is 0 Å². The predicted molar refractivity (Wildman–Crippen MR) is 77.5 cm³/mol. The first-order chi connectivity index (χ1) is 9.41. The largest absolute Gasteiger partial charge is 0.396 e. The van der Waals surface area contributed by atoms with Gasteiger partial charge >= 0.3 is 0 Å². The molecule has 0 amide bonds. The molecule has 0 bridgehead atoms. The second-order valence-electron chi connectivity index (χ2n) is 4.68. The summed E-state index contributed by atoms with van der Waals surface area (Å²) in [5.74, 6) is 0. The first-order valence-corrected chi connectivity index (χ1v) is 7.76. The van der Waals surface area contributed by atoms with Gasteiger partial charge < -0.3 is 19.3 Å². The molecule has 0 spiro atoms. The summed E-state index contributed by atoms with van der Waals surface area (Å²) < 4.78 is 16.4. The SMILES string of the molecule is CCCOCCCCOCCCCOCCCCO. The fourth-order valence-electron chi connectivity index (χ4n) is 1.58. The maximum atomic E-state index is 8.59. The lowest BCUT2D eigenvalue weighted by molar-refractivity contribution is 0.0891. The number of aliphatic hydroxyl groups excluding tert-OH is 1. The molecule has 116 valence electrons. The van der Waals surface area contributed by atoms with Gasteiger partial charge in [0.1, 0.15) is 0 Å². The van der Waals surface area contributed by atoms with Crippen LogP contribution in [-0.4, -0.2) is 51.4 Å². The van der Waals surface area contributed by atoms with Gasteiger partial charge in [-0.1, -0.05) is 6.92 Å². The summed E-state index contributed by atoms with van der Waals surface area (Å²) in [6.07, 6.45) is 7.18. The van der Waals surface area contributed by atoms with Gasteiger partial charge in [-0.25, -0.2) is 0 Å². The standard InChI is InChI=1S/C15H32O4/c1-2-10-17-12-5-6-14-19-15-8-7-13-18-11-4-3-9-16/h16H,2-15H2,1H3. The number of hydrogen-bond acceptors (Lipinski definition) is 4. The van der Waals surface area contributed by atoms with E-state index in [1.54, 1.807) is 0 Å². The lowest BCUT2D eigenvalue weighted by Gasteiger charge is -2.06. The highest BCUT2D eigenvalue weighted by Crippen LogP contribution is 1.97. The van der Waals surface area contributed by atoms with E-state index in [9.17, 15) is 0 Å². The van der Waals surface area contributed by atoms with Crippen LogP contribution in [0, 0.1) is 0 Å². The van der Waals surface area contributed by atoms with E-state index in [1.165, 1.54) is 0 Å². The van der Waals surface area contributed by atoms with Crippen LogP contribution in [0.4, 0.5) is 0 Å². The van der Waals surface area contributed by atoms with Gasteiger partial charge in [0.25, 0.3) is 0 Å². The summed E-state index contributed by atoms with van der Waals surface area (Å²) in [6.45, 7) is 7.36. The molecular weight excluding hydrogens is 244 g/mol. The number of aliphatic hydroxyl groups is 1. The Bertz CT molecular complexity index is 137. The van der Waals surface area contributed by atoms with Gasteiger partial charge in [-0.3, -0.25) is 0 Å². The van der Waals surface area contributed by atoms with E-state index in [-0.39, 0.29) is 6.61 Å². The highest BCUT2D eigenvalue weighted by atomic mass is 16.5. The van der Waals surface area contributed by atoms with E-state index < -0.39 is 0 Å². The lowest BCUT2D eigenvalue weighted by atomic mass is 10.3. The first kappa shape index (κ1) is 18.8. The number of hydrogen-bond donors (Lipinski definition) is 1. The average Bonchev–Trinajstić information content (AvgIpc) is 2.43. The molecule has 0 unspecified atom stereocenters. The van der Waals surface area contributed by atoms with Crippen LogP contribution in [0.5, 0.6) is 0 Å². The maximum Gasteiger partial charge on any atom is 0.0466 e. The third-order valence-electron chi connectivity index (χ3n) is 2.70. The Labute approximate surface area is 118 Å². The molecule has 4 heteroatoms. The predicted octanol–water partition coefficient (Wildman–Crippen LogP) is 2.78. The van der Waals surface area contributed by atoms with Crippen molar-refractivity contribution in [3.05, 3.63) is 0 Å². The van der Waals surface area contributed by atoms with Crippen LogP contribution < -0.4 is 0 Å². The highest BCUT2D eigenvalue weighted by molar-refractivity contribution is 4.42. The second kappa shape index (κ2) is 17.8. The molecule has 4 nitrogen and oxygen atoms in total. The van der Waals surface area contributed by atoms with Gasteiger partial charge in [0.2, 0.25) is 0 Å². The van der Waals surface area contributed by atoms with Crippen LogP contribution in [0.25, 0.3) is 0 Å². The Hall–Kier alpha value is -0.160. The van der Waals surface area contributed by atoms with Crippen LogP contribution in [0.3, 0.4) is 0 Å². The zero-order chi connectivity index (χ0) is 14.0. The van der Waals surface area contributed by atoms with Crippen LogP contribution in [0.2, 0.25) is 0 Å². The summed E-state index contributed by atoms with van der Waals surface area (Å²) in [5.41, 5.74) is 0. The number of unbranched alkanes of at least 4 members (excludes halogenated alkanes) is 3. The normalized spacial score (nSPS) is 11.1. The zero-order valence-electron chi connectivity index (χ0n) is 12.6. The molecule has 0 radical (unpaired) electrons. The minimum Gasteiger partial charge on any atom is -0.396 e. The molecule has 0 aliphatic rings. The van der Waals surface area contributed by atoms with E-state index >= 15 is 0 Å². The molecule has 0 saturated heterocycles. The molecular formula is C15H32O4. The van der Waals surface area contributed by atoms with Gasteiger partial charge in [0.05, 0.1) is 0 Å². The van der Waals surface area contributed by atoms with Gasteiger partial charge in [-0.2, -0.15) is 0 Å². The Morgan fingerprint density at radius 1 is 0.579 bits per heavy atom. The second-order valence-corrected chi connectivity index (χ2v) is 4.68. The smallest absolute Gasteiger partial charge is 0.0466 e. The van der Waals surface area contributed by atoms with Crippen LogP contribution in [0.1, 0.15) is 51.9 Å². The van der Waals surface area contributed by atoms with Crippen molar-refractivity contribution in [2.75, 3.05) is 46.2 Å². The van der Waals surface area contributed by atoms with Crippen molar-refractivity contribution in [2.45, 2.75) is 51.9 Å². The number of rotatable bonds is 16. The molecule has 0 atom stereocenters. The molecule has 0 fully saturated rings. The van der Waals surface area contributed by atoms with Gasteiger partial charge in [0, 0.05) is 46.2 Å². The minimum absolute atomic E-state index is 0.265. The van der Waals surface area contributed by atoms with E-state index in [4.69, 9.17) is 19.3 Å². The fraction of sp³-hybridized carbons (Fsp3) is 1.00. The summed E-state index contributed by atoms with van der Waals surface area (Å²) in [7, 11) is 0. The molecule has 1 N–H and O–H groups in total. The third-order valence-corrected chi connectivity index (χ3v) is 2.70. The van der Waals surface area contributed by atoms with Crippen molar-refractivity contribution in [1.29, 1.82) is 0 Å². The molecule has 0 aromatic heterocycles. The molecule has 0 aliphatic heterocycles. The molecule has 19 heavy (non-hydrogen) atoms. The summed E-state index contributed by atoms with van der Waals surface area (Å²) in [4.78, 5) is 0. The van der Waals surface area contributed by atoms with Crippen molar-refractivity contribution < 1.29 is 19.3 Å². The van der Waals surface area contributed by atoms with Crippen LogP contribution in [-0.2, 0) is 14.2 Å². The molecule has 0 saturated carbocycles. The van der Waals surface area contributed by atoms with E-state index in [0.717, 1.165) is 84.6 Å². The quantitative estimate of drug-likeness (QED) is 0.440. The topological polar surface area (TPSA) is 47.9 Å². The molecule has 0 heterocycles. The van der Waals surface area contributed by atoms with Crippen molar-refractivity contribution in [2.24, 2.45) is 0 Å². The average molecular weight is 276 g/mol. The highest BCUT2D eigenvalue weighted by Gasteiger charge is 1.93. The maximum absolute atomic E-state index is 8.59. The molecule has 0 aromatic rings. The monoisotopic (exact) mass is 276 g/mol. The van der Waals surface area contributed by atoms with Crippen molar-refractivity contribution in [3.8, 4) is 0 Å². The Morgan fingerprint density at radius 3 is 1.32 bits per heavy atom. The Morgan fingerprint density at radius 2 is 0.947 bits per heavy atom. The fourth-order valence-corrected chi connectivity index (χ4v) is 1.58. The van der Waals surface area contributed by atoms with E-state index in [2.05, 4.69) is 6.92 Å². The van der Waals surface area contributed by atoms with Crippen molar-refractivity contribution >= 4 is 0 Å². The minimum atomic E-state index is 0.265. The van der Waals surface area contributed by atoms with E-state index in [0.29, 0.717) is 0 Å². The van der Waals surface area contributed by atoms with Gasteiger partial charge in [-0.05, 0) is 44.9 Å². The van der Waals surface area contributed by atoms with Gasteiger partial charge in [-0.15, -0.1) is 0 Å². The van der Waals surface area contributed by atoms with Crippen molar-refractivity contribution in [1.82, 2.24) is 0 Å². The summed E-state index contributed by atoms with van der Waals surface area (Å²) in [6, 6.07) is 0. The zero-order valence-corrected chi connectivity index (χ0v) is 12.6. The Kier molecular flexibility index (Phi) is 17.7. The molecule has 0 aliphatic carbocycles.